The van der Waals surface area contributed by atoms with Crippen molar-refractivity contribution in [2.75, 3.05) is 20.6 Å². The first-order valence-corrected chi connectivity index (χ1v) is 5.32. The quantitative estimate of drug-likeness (QED) is 0.849. The number of carbonyl (C=O) groups is 1. The molecule has 1 amide bonds. The summed E-state index contributed by atoms with van der Waals surface area (Å²) in [6.07, 6.45) is 0. The van der Waals surface area contributed by atoms with Gasteiger partial charge in [-0.3, -0.25) is 4.79 Å². The zero-order chi connectivity index (χ0) is 12.1. The molecule has 0 bridgehead atoms. The van der Waals surface area contributed by atoms with E-state index in [4.69, 9.17) is 11.6 Å². The van der Waals surface area contributed by atoms with Gasteiger partial charge in [0.15, 0.2) is 10.8 Å². The highest BCUT2D eigenvalue weighted by Crippen LogP contribution is 2.02. The fraction of sp³-hybridized carbons (Fsp3) is 0.500. The molecule has 0 aliphatic rings. The van der Waals surface area contributed by atoms with Crippen molar-refractivity contribution in [2.24, 2.45) is 0 Å². The van der Waals surface area contributed by atoms with Crippen LogP contribution in [0.2, 0.25) is 5.15 Å². The monoisotopic (exact) mass is 242 g/mol. The number of nitrogens with one attached hydrogen (secondary N) is 1. The third-order valence-electron chi connectivity index (χ3n) is 2.30. The molecule has 16 heavy (non-hydrogen) atoms. The second kappa shape index (κ2) is 5.77. The van der Waals surface area contributed by atoms with E-state index < -0.39 is 0 Å². The zero-order valence-corrected chi connectivity index (χ0v) is 10.3. The molecule has 0 radical (unpaired) electrons. The highest BCUT2D eigenvalue weighted by molar-refractivity contribution is 6.29. The maximum atomic E-state index is 11.6. The average molecular weight is 243 g/mol. The molecule has 1 aromatic rings. The van der Waals surface area contributed by atoms with Crippen LogP contribution in [0.25, 0.3) is 0 Å². The van der Waals surface area contributed by atoms with Gasteiger partial charge in [0.2, 0.25) is 0 Å². The Morgan fingerprint density at radius 2 is 2.19 bits per heavy atom. The van der Waals surface area contributed by atoms with Gasteiger partial charge in [-0.25, -0.2) is 0 Å². The maximum absolute atomic E-state index is 11.6. The maximum Gasteiger partial charge on any atom is 0.271 e. The van der Waals surface area contributed by atoms with Crippen LogP contribution >= 0.6 is 11.6 Å². The number of hydrogen-bond acceptors (Lipinski definition) is 4. The second-order valence-corrected chi connectivity index (χ2v) is 4.15. The van der Waals surface area contributed by atoms with E-state index in [0.717, 1.165) is 0 Å². The molecule has 5 nitrogen and oxygen atoms in total. The number of likely N-dealkylation sites (N-methyl/N-ethyl adjacent to an activating group) is 1. The molecule has 0 saturated heterocycles. The molecule has 0 fully saturated rings. The van der Waals surface area contributed by atoms with Crippen LogP contribution in [-0.4, -0.2) is 47.7 Å². The molecule has 88 valence electrons. The van der Waals surface area contributed by atoms with Gasteiger partial charge in [0.25, 0.3) is 5.91 Å². The van der Waals surface area contributed by atoms with Gasteiger partial charge in [-0.2, -0.15) is 0 Å². The molecule has 1 atom stereocenters. The Bertz CT molecular complexity index is 352. The number of aromatic nitrogens is 2. The number of rotatable bonds is 4. The van der Waals surface area contributed by atoms with Gasteiger partial charge in [-0.05, 0) is 33.2 Å². The summed E-state index contributed by atoms with van der Waals surface area (Å²) in [7, 11) is 3.91. The normalized spacial score (nSPS) is 12.6. The predicted octanol–water partition coefficient (Wildman–Crippen LogP) is 0.810. The molecule has 1 aromatic heterocycles. The van der Waals surface area contributed by atoms with Crippen molar-refractivity contribution in [3.63, 3.8) is 0 Å². The van der Waals surface area contributed by atoms with Crippen molar-refractivity contribution in [1.29, 1.82) is 0 Å². The van der Waals surface area contributed by atoms with Crippen molar-refractivity contribution in [2.45, 2.75) is 13.0 Å². The Morgan fingerprint density at radius 1 is 1.50 bits per heavy atom. The van der Waals surface area contributed by atoms with Gasteiger partial charge in [0.1, 0.15) is 0 Å². The molecule has 1 heterocycles. The molecule has 0 spiro atoms. The van der Waals surface area contributed by atoms with Crippen LogP contribution in [0.1, 0.15) is 17.4 Å². The first-order chi connectivity index (χ1) is 7.50. The van der Waals surface area contributed by atoms with Crippen LogP contribution in [-0.2, 0) is 0 Å². The summed E-state index contributed by atoms with van der Waals surface area (Å²) in [6, 6.07) is 3.35. The minimum absolute atomic E-state index is 0.238. The standard InChI is InChI=1S/C10H15ClN4O/c1-7(15(2)3)6-12-10(16)8-4-5-9(11)14-13-8/h4-5,7H,6H2,1-3H3,(H,12,16). The predicted molar refractivity (Wildman–Crippen MR) is 62.5 cm³/mol. The number of halogens is 1. The lowest BCUT2D eigenvalue weighted by Crippen LogP contribution is -2.38. The fourth-order valence-electron chi connectivity index (χ4n) is 0.951. The van der Waals surface area contributed by atoms with E-state index in [-0.39, 0.29) is 22.8 Å². The Hall–Kier alpha value is -1.20. The third kappa shape index (κ3) is 3.75. The number of amides is 1. The lowest BCUT2D eigenvalue weighted by Gasteiger charge is -2.19. The smallest absolute Gasteiger partial charge is 0.271 e. The molecule has 0 saturated carbocycles. The van der Waals surface area contributed by atoms with Crippen molar-refractivity contribution in [3.05, 3.63) is 23.0 Å². The van der Waals surface area contributed by atoms with Gasteiger partial charge < -0.3 is 10.2 Å². The van der Waals surface area contributed by atoms with Gasteiger partial charge >= 0.3 is 0 Å². The Labute approximate surface area is 99.8 Å². The highest BCUT2D eigenvalue weighted by atomic mass is 35.5. The summed E-state index contributed by atoms with van der Waals surface area (Å²) in [6.45, 7) is 2.59. The van der Waals surface area contributed by atoms with E-state index in [0.29, 0.717) is 6.54 Å². The summed E-state index contributed by atoms with van der Waals surface area (Å²) in [5.41, 5.74) is 0.273. The van der Waals surface area contributed by atoms with E-state index in [2.05, 4.69) is 15.5 Å². The second-order valence-electron chi connectivity index (χ2n) is 3.76. The third-order valence-corrected chi connectivity index (χ3v) is 2.51. The molecule has 6 heteroatoms. The molecule has 0 aliphatic carbocycles. The van der Waals surface area contributed by atoms with E-state index in [1.54, 1.807) is 12.1 Å². The van der Waals surface area contributed by atoms with Crippen LogP contribution in [0.4, 0.5) is 0 Å². The summed E-state index contributed by atoms with van der Waals surface area (Å²) >= 11 is 5.57. The number of carbonyl (C=O) groups excluding carboxylic acids is 1. The first-order valence-electron chi connectivity index (χ1n) is 4.94. The molecular formula is C10H15ClN4O. The Morgan fingerprint density at radius 3 is 2.69 bits per heavy atom. The van der Waals surface area contributed by atoms with Crippen molar-refractivity contribution in [3.8, 4) is 0 Å². The molecular weight excluding hydrogens is 228 g/mol. The lowest BCUT2D eigenvalue weighted by molar-refractivity contribution is 0.0937. The molecule has 1 unspecified atom stereocenters. The summed E-state index contributed by atoms with van der Waals surface area (Å²) < 4.78 is 0. The first kappa shape index (κ1) is 12.9. The molecule has 0 aromatic carbocycles. The van der Waals surface area contributed by atoms with Crippen molar-refractivity contribution < 1.29 is 4.79 Å². The van der Waals surface area contributed by atoms with Gasteiger partial charge in [-0.1, -0.05) is 11.6 Å². The van der Waals surface area contributed by atoms with E-state index in [1.165, 1.54) is 0 Å². The molecule has 0 aliphatic heterocycles. The SMILES string of the molecule is CC(CNC(=O)c1ccc(Cl)nn1)N(C)C. The average Bonchev–Trinajstić information content (AvgIpc) is 2.26. The van der Waals surface area contributed by atoms with E-state index in [1.807, 2.05) is 25.9 Å². The summed E-state index contributed by atoms with van der Waals surface area (Å²) in [5, 5.41) is 10.3. The van der Waals surface area contributed by atoms with Crippen LogP contribution in [0.3, 0.4) is 0 Å². The van der Waals surface area contributed by atoms with E-state index >= 15 is 0 Å². The Kier molecular flexibility index (Phi) is 4.64. The molecule has 1 N–H and O–H groups in total. The topological polar surface area (TPSA) is 58.1 Å². The van der Waals surface area contributed by atoms with Crippen molar-refractivity contribution >= 4 is 17.5 Å². The van der Waals surface area contributed by atoms with Gasteiger partial charge in [0.05, 0.1) is 0 Å². The lowest BCUT2D eigenvalue weighted by atomic mass is 10.3. The fourth-order valence-corrected chi connectivity index (χ4v) is 1.05. The summed E-state index contributed by atoms with van der Waals surface area (Å²) in [5.74, 6) is -0.238. The summed E-state index contributed by atoms with van der Waals surface area (Å²) in [4.78, 5) is 13.6. The van der Waals surface area contributed by atoms with E-state index in [9.17, 15) is 4.79 Å². The largest absolute Gasteiger partial charge is 0.349 e. The minimum Gasteiger partial charge on any atom is -0.349 e. The van der Waals surface area contributed by atoms with Gasteiger partial charge in [0, 0.05) is 12.6 Å². The van der Waals surface area contributed by atoms with Crippen LogP contribution in [0.5, 0.6) is 0 Å². The zero-order valence-electron chi connectivity index (χ0n) is 9.57. The number of hydrogen-bond donors (Lipinski definition) is 1. The number of nitrogens with zero attached hydrogens (tertiary/aromatic N) is 3. The minimum atomic E-state index is -0.238. The van der Waals surface area contributed by atoms with Crippen LogP contribution in [0.15, 0.2) is 12.1 Å². The van der Waals surface area contributed by atoms with Crippen LogP contribution in [0, 0.1) is 0 Å². The van der Waals surface area contributed by atoms with Gasteiger partial charge in [-0.15, -0.1) is 10.2 Å². The molecule has 1 rings (SSSR count). The van der Waals surface area contributed by atoms with Crippen LogP contribution < -0.4 is 5.32 Å². The Balaban J connectivity index is 2.50. The van der Waals surface area contributed by atoms with Crippen molar-refractivity contribution in [1.82, 2.24) is 20.4 Å². The highest BCUT2D eigenvalue weighted by Gasteiger charge is 2.10.